The number of halogens is 4. The third-order valence-electron chi connectivity index (χ3n) is 2.62. The molecule has 0 heterocycles. The molecule has 0 bridgehead atoms. The molecule has 0 unspecified atom stereocenters. The molecule has 0 aromatic heterocycles. The third kappa shape index (κ3) is 4.72. The maximum Gasteiger partial charge on any atom is 0.416 e. The van der Waals surface area contributed by atoms with Gasteiger partial charge in [-0.3, -0.25) is 0 Å². The number of ether oxygens (including phenoxy) is 1. The number of benzene rings is 2. The van der Waals surface area contributed by atoms with Crippen LogP contribution in [0.1, 0.15) is 5.56 Å². The largest absolute Gasteiger partial charge is 0.474 e. The van der Waals surface area contributed by atoms with Gasteiger partial charge in [0, 0.05) is 5.02 Å². The molecule has 0 atom stereocenters. The molecule has 0 aliphatic carbocycles. The molecule has 0 amide bonds. The number of carbonyl (C=O) groups is 1. The second kappa shape index (κ2) is 6.70. The molecule has 8 heteroatoms. The normalized spacial score (nSPS) is 12.1. The fraction of sp³-hybridized carbons (Fsp3) is 0.0667. The molecule has 2 aromatic rings. The minimum atomic E-state index is -4.56. The first-order valence-corrected chi connectivity index (χ1v) is 6.56. The second-order valence-corrected chi connectivity index (χ2v) is 4.76. The minimum absolute atomic E-state index is 0.235. The summed E-state index contributed by atoms with van der Waals surface area (Å²) in [6, 6.07) is 9.73. The zero-order chi connectivity index (χ0) is 17.0. The average molecular weight is 344 g/mol. The third-order valence-corrected chi connectivity index (χ3v) is 2.87. The SMILES string of the molecule is O=C(O)/C(=N\c1ccc(Cl)cc1)Oc1cccc(C(F)(F)F)c1. The van der Waals surface area contributed by atoms with Crippen LogP contribution in [0.2, 0.25) is 5.02 Å². The highest BCUT2D eigenvalue weighted by molar-refractivity contribution is 6.33. The molecule has 2 rings (SSSR count). The summed E-state index contributed by atoms with van der Waals surface area (Å²) in [7, 11) is 0. The predicted octanol–water partition coefficient (Wildman–Crippen LogP) is 4.55. The van der Waals surface area contributed by atoms with Crippen LogP contribution in [0.3, 0.4) is 0 Å². The maximum absolute atomic E-state index is 12.6. The Labute approximate surface area is 133 Å². The van der Waals surface area contributed by atoms with Crippen LogP contribution in [0.4, 0.5) is 18.9 Å². The number of hydrogen-bond acceptors (Lipinski definition) is 3. The summed E-state index contributed by atoms with van der Waals surface area (Å²) in [5.41, 5.74) is -0.718. The first kappa shape index (κ1) is 16.8. The van der Waals surface area contributed by atoms with Gasteiger partial charge in [0.2, 0.25) is 0 Å². The van der Waals surface area contributed by atoms with Gasteiger partial charge in [0.1, 0.15) is 5.75 Å². The van der Waals surface area contributed by atoms with E-state index >= 15 is 0 Å². The minimum Gasteiger partial charge on any atom is -0.474 e. The number of aliphatic imine (C=N–C) groups is 1. The maximum atomic E-state index is 12.6. The van der Waals surface area contributed by atoms with E-state index in [4.69, 9.17) is 21.4 Å². The van der Waals surface area contributed by atoms with Gasteiger partial charge in [-0.25, -0.2) is 9.79 Å². The van der Waals surface area contributed by atoms with Crippen molar-refractivity contribution in [3.63, 3.8) is 0 Å². The Kier molecular flexibility index (Phi) is 4.90. The number of hydrogen-bond donors (Lipinski definition) is 1. The standard InChI is InChI=1S/C15H9ClF3NO3/c16-10-4-6-11(7-5-10)20-13(14(21)22)23-12-3-1-2-9(8-12)15(17,18)19/h1-8H,(H,21,22)/b20-13+. The quantitative estimate of drug-likeness (QED) is 0.642. The van der Waals surface area contributed by atoms with Crippen LogP contribution < -0.4 is 4.74 Å². The van der Waals surface area contributed by atoms with Crippen LogP contribution in [0.15, 0.2) is 53.5 Å². The summed E-state index contributed by atoms with van der Waals surface area (Å²) in [6.45, 7) is 0. The van der Waals surface area contributed by atoms with Gasteiger partial charge in [-0.1, -0.05) is 17.7 Å². The number of carboxylic acids is 1. The average Bonchev–Trinajstić information content (AvgIpc) is 2.48. The first-order valence-electron chi connectivity index (χ1n) is 6.18. The summed E-state index contributed by atoms with van der Waals surface area (Å²) < 4.78 is 42.9. The number of rotatable bonds is 2. The molecule has 0 aliphatic heterocycles. The van der Waals surface area contributed by atoms with Crippen LogP contribution in [-0.4, -0.2) is 17.0 Å². The van der Waals surface area contributed by atoms with Crippen molar-refractivity contribution in [2.24, 2.45) is 4.99 Å². The van der Waals surface area contributed by atoms with Crippen molar-refractivity contribution in [3.05, 3.63) is 59.1 Å². The summed E-state index contributed by atoms with van der Waals surface area (Å²) in [4.78, 5) is 14.9. The highest BCUT2D eigenvalue weighted by Gasteiger charge is 2.30. The second-order valence-electron chi connectivity index (χ2n) is 4.33. The molecule has 4 nitrogen and oxygen atoms in total. The van der Waals surface area contributed by atoms with Gasteiger partial charge in [0.05, 0.1) is 11.3 Å². The van der Waals surface area contributed by atoms with Gasteiger partial charge < -0.3 is 9.84 Å². The van der Waals surface area contributed by atoms with Crippen molar-refractivity contribution in [1.29, 1.82) is 0 Å². The van der Waals surface area contributed by atoms with E-state index in [0.29, 0.717) is 11.1 Å². The van der Waals surface area contributed by atoms with Gasteiger partial charge in [-0.15, -0.1) is 0 Å². The molecule has 0 saturated heterocycles. The van der Waals surface area contributed by atoms with Crippen molar-refractivity contribution in [3.8, 4) is 5.75 Å². The fourth-order valence-electron chi connectivity index (χ4n) is 1.59. The van der Waals surface area contributed by atoms with Gasteiger partial charge in [-0.05, 0) is 42.5 Å². The number of nitrogens with zero attached hydrogens (tertiary/aromatic N) is 1. The monoisotopic (exact) mass is 343 g/mol. The summed E-state index contributed by atoms with van der Waals surface area (Å²) >= 11 is 5.70. The molecule has 23 heavy (non-hydrogen) atoms. The van der Waals surface area contributed by atoms with Gasteiger partial charge in [0.25, 0.3) is 0 Å². The summed E-state index contributed by atoms with van der Waals surface area (Å²) in [5, 5.41) is 9.51. The molecule has 0 aliphatic rings. The molecule has 0 radical (unpaired) electrons. The Balaban J connectivity index is 2.30. The number of aliphatic carboxylic acids is 1. The number of alkyl halides is 3. The van der Waals surface area contributed by atoms with E-state index in [2.05, 4.69) is 4.99 Å². The van der Waals surface area contributed by atoms with E-state index in [1.165, 1.54) is 30.3 Å². The van der Waals surface area contributed by atoms with E-state index < -0.39 is 23.6 Å². The van der Waals surface area contributed by atoms with Crippen molar-refractivity contribution in [1.82, 2.24) is 0 Å². The van der Waals surface area contributed by atoms with Crippen LogP contribution >= 0.6 is 11.6 Å². The molecular formula is C15H9ClF3NO3. The Morgan fingerprint density at radius 3 is 2.35 bits per heavy atom. The van der Waals surface area contributed by atoms with E-state index in [-0.39, 0.29) is 11.4 Å². The molecule has 120 valence electrons. The van der Waals surface area contributed by atoms with E-state index in [0.717, 1.165) is 12.1 Å². The highest BCUT2D eigenvalue weighted by Crippen LogP contribution is 2.31. The van der Waals surface area contributed by atoms with Crippen LogP contribution in [0.5, 0.6) is 5.75 Å². The zero-order valence-electron chi connectivity index (χ0n) is 11.3. The van der Waals surface area contributed by atoms with Crippen LogP contribution in [0, 0.1) is 0 Å². The fourth-order valence-corrected chi connectivity index (χ4v) is 1.72. The van der Waals surface area contributed by atoms with Gasteiger partial charge in [0.15, 0.2) is 0 Å². The van der Waals surface area contributed by atoms with Crippen LogP contribution in [0.25, 0.3) is 0 Å². The van der Waals surface area contributed by atoms with Crippen molar-refractivity contribution < 1.29 is 27.8 Å². The molecule has 2 aromatic carbocycles. The molecule has 1 N–H and O–H groups in total. The van der Waals surface area contributed by atoms with E-state index in [9.17, 15) is 18.0 Å². The summed E-state index contributed by atoms with van der Waals surface area (Å²) in [5.74, 6) is -2.56. The molecular weight excluding hydrogens is 335 g/mol. The van der Waals surface area contributed by atoms with E-state index in [1.54, 1.807) is 0 Å². The molecule has 0 spiro atoms. The predicted molar refractivity (Wildman–Crippen MR) is 78.3 cm³/mol. The zero-order valence-corrected chi connectivity index (χ0v) is 12.1. The molecule has 0 saturated carbocycles. The Morgan fingerprint density at radius 1 is 1.13 bits per heavy atom. The van der Waals surface area contributed by atoms with E-state index in [1.807, 2.05) is 0 Å². The number of carboxylic acid groups (broad SMARTS) is 1. The Hall–Kier alpha value is -2.54. The highest BCUT2D eigenvalue weighted by atomic mass is 35.5. The van der Waals surface area contributed by atoms with Crippen LogP contribution in [-0.2, 0) is 11.0 Å². The topological polar surface area (TPSA) is 58.9 Å². The van der Waals surface area contributed by atoms with Crippen molar-refractivity contribution in [2.75, 3.05) is 0 Å². The lowest BCUT2D eigenvalue weighted by atomic mass is 10.2. The lowest BCUT2D eigenvalue weighted by molar-refractivity contribution is -0.137. The Bertz CT molecular complexity index is 742. The molecule has 0 fully saturated rings. The lowest BCUT2D eigenvalue weighted by Gasteiger charge is -2.09. The van der Waals surface area contributed by atoms with Crippen molar-refractivity contribution in [2.45, 2.75) is 6.18 Å². The van der Waals surface area contributed by atoms with Gasteiger partial charge in [-0.2, -0.15) is 13.2 Å². The van der Waals surface area contributed by atoms with Gasteiger partial charge >= 0.3 is 18.0 Å². The van der Waals surface area contributed by atoms with Crippen molar-refractivity contribution >= 4 is 29.2 Å². The lowest BCUT2D eigenvalue weighted by Crippen LogP contribution is -2.20. The Morgan fingerprint density at radius 2 is 1.78 bits per heavy atom. The summed E-state index contributed by atoms with van der Waals surface area (Å²) in [6.07, 6.45) is -4.56. The smallest absolute Gasteiger partial charge is 0.416 e. The first-order chi connectivity index (χ1) is 10.8.